The van der Waals surface area contributed by atoms with Gasteiger partial charge in [-0.05, 0) is 12.1 Å². The van der Waals surface area contributed by atoms with Gasteiger partial charge in [0.25, 0.3) is 5.91 Å². The number of carbonyl (C=O) groups excluding carboxylic acids is 1. The second-order valence-corrected chi connectivity index (χ2v) is 2.61. The average Bonchev–Trinajstić information content (AvgIpc) is 2.25. The van der Waals surface area contributed by atoms with E-state index in [1.54, 1.807) is 6.08 Å². The Morgan fingerprint density at radius 3 is 2.79 bits per heavy atom. The number of nitrogens with one attached hydrogen (secondary N) is 1. The molecule has 14 heavy (non-hydrogen) atoms. The van der Waals surface area contributed by atoms with Crippen molar-refractivity contribution in [1.82, 2.24) is 5.32 Å². The molecule has 1 amide bonds. The average molecular weight is 185 g/mol. The predicted octanol–water partition coefficient (Wildman–Crippen LogP) is 1.34. The molecule has 0 aliphatic carbocycles. The summed E-state index contributed by atoms with van der Waals surface area (Å²) < 4.78 is 0. The number of rotatable bonds is 2. The van der Waals surface area contributed by atoms with E-state index in [4.69, 9.17) is 0 Å². The van der Waals surface area contributed by atoms with Gasteiger partial charge in [0.2, 0.25) is 0 Å². The Morgan fingerprint density at radius 1 is 1.43 bits per heavy atom. The largest absolute Gasteiger partial charge is 0.342 e. The molecule has 0 aliphatic rings. The number of amides is 1. The molecule has 0 saturated carbocycles. The van der Waals surface area contributed by atoms with E-state index in [-0.39, 0.29) is 5.91 Å². The molecule has 2 heteroatoms. The molecule has 0 aromatic heterocycles. The van der Waals surface area contributed by atoms with Gasteiger partial charge >= 0.3 is 0 Å². The molecule has 0 fully saturated rings. The normalized spacial score (nSPS) is 8.29. The zero-order valence-corrected chi connectivity index (χ0v) is 7.79. The lowest BCUT2D eigenvalue weighted by atomic mass is 10.2. The molecule has 0 aliphatic heterocycles. The number of carbonyl (C=O) groups is 1. The van der Waals surface area contributed by atoms with Gasteiger partial charge in [0, 0.05) is 18.0 Å². The summed E-state index contributed by atoms with van der Waals surface area (Å²) in [5.41, 5.74) is 0.834. The fourth-order valence-electron chi connectivity index (χ4n) is 0.859. The molecule has 1 aromatic carbocycles. The highest BCUT2D eigenvalue weighted by Gasteiger charge is 1.90. The van der Waals surface area contributed by atoms with Crippen LogP contribution in [0, 0.1) is 11.8 Å². The Hall–Kier alpha value is -2.01. The van der Waals surface area contributed by atoms with E-state index in [0.717, 1.165) is 5.56 Å². The highest BCUT2D eigenvalue weighted by Crippen LogP contribution is 1.94. The van der Waals surface area contributed by atoms with Crippen LogP contribution >= 0.6 is 0 Å². The lowest BCUT2D eigenvalue weighted by Crippen LogP contribution is -2.20. The lowest BCUT2D eigenvalue weighted by Gasteiger charge is -1.91. The molecule has 0 radical (unpaired) electrons. The molecular formula is C12H11NO. The number of benzene rings is 1. The van der Waals surface area contributed by atoms with E-state index < -0.39 is 0 Å². The molecule has 2 nitrogen and oxygen atoms in total. The molecule has 0 heterocycles. The van der Waals surface area contributed by atoms with Gasteiger partial charge in [-0.1, -0.05) is 30.2 Å². The first kappa shape index (κ1) is 10.1. The van der Waals surface area contributed by atoms with Gasteiger partial charge in [-0.3, -0.25) is 4.79 Å². The molecule has 70 valence electrons. The summed E-state index contributed by atoms with van der Waals surface area (Å²) in [6.45, 7) is 3.93. The van der Waals surface area contributed by atoms with Crippen molar-refractivity contribution in [3.05, 3.63) is 48.6 Å². The SMILES string of the molecule is C=CCNC(=O)C#Cc1ccccc1. The quantitative estimate of drug-likeness (QED) is 0.546. The van der Waals surface area contributed by atoms with Crippen molar-refractivity contribution in [1.29, 1.82) is 0 Å². The summed E-state index contributed by atoms with van der Waals surface area (Å²) in [4.78, 5) is 11.0. The molecule has 0 spiro atoms. The second kappa shape index (κ2) is 5.60. The van der Waals surface area contributed by atoms with Gasteiger partial charge in [0.05, 0.1) is 0 Å². The minimum absolute atomic E-state index is 0.284. The molecule has 1 aromatic rings. The van der Waals surface area contributed by atoms with Gasteiger partial charge in [0.15, 0.2) is 0 Å². The lowest BCUT2D eigenvalue weighted by molar-refractivity contribution is -0.115. The summed E-state index contributed by atoms with van der Waals surface area (Å²) in [5.74, 6) is 4.96. The summed E-state index contributed by atoms with van der Waals surface area (Å²) in [5, 5.41) is 2.57. The van der Waals surface area contributed by atoms with Crippen molar-refractivity contribution in [2.75, 3.05) is 6.54 Å². The predicted molar refractivity (Wildman–Crippen MR) is 56.5 cm³/mol. The van der Waals surface area contributed by atoms with Gasteiger partial charge < -0.3 is 5.32 Å². The standard InChI is InChI=1S/C12H11NO/c1-2-10-13-12(14)9-8-11-6-4-3-5-7-11/h2-7H,1,10H2,(H,13,14). The van der Waals surface area contributed by atoms with Crippen molar-refractivity contribution < 1.29 is 4.79 Å². The van der Waals surface area contributed by atoms with Gasteiger partial charge in [0.1, 0.15) is 0 Å². The zero-order valence-electron chi connectivity index (χ0n) is 7.79. The first-order valence-electron chi connectivity index (χ1n) is 4.28. The highest BCUT2D eigenvalue weighted by atomic mass is 16.1. The smallest absolute Gasteiger partial charge is 0.296 e. The van der Waals surface area contributed by atoms with E-state index in [1.807, 2.05) is 30.3 Å². The number of hydrogen-bond acceptors (Lipinski definition) is 1. The van der Waals surface area contributed by atoms with Crippen molar-refractivity contribution in [3.63, 3.8) is 0 Å². The molecule has 1 rings (SSSR count). The Kier molecular flexibility index (Phi) is 4.03. The Bertz CT molecular complexity index is 370. The molecule has 0 atom stereocenters. The van der Waals surface area contributed by atoms with Crippen LogP contribution in [0.25, 0.3) is 0 Å². The molecule has 1 N–H and O–H groups in total. The van der Waals surface area contributed by atoms with E-state index in [1.165, 1.54) is 0 Å². The monoisotopic (exact) mass is 185 g/mol. The van der Waals surface area contributed by atoms with Gasteiger partial charge in [-0.15, -0.1) is 6.58 Å². The van der Waals surface area contributed by atoms with Crippen LogP contribution in [0.1, 0.15) is 5.56 Å². The van der Waals surface area contributed by atoms with Crippen LogP contribution in [0.4, 0.5) is 0 Å². The van der Waals surface area contributed by atoms with E-state index in [9.17, 15) is 4.79 Å². The third-order valence-corrected chi connectivity index (χ3v) is 1.50. The molecule has 0 unspecified atom stereocenters. The molecular weight excluding hydrogens is 174 g/mol. The van der Waals surface area contributed by atoms with E-state index in [0.29, 0.717) is 6.54 Å². The van der Waals surface area contributed by atoms with Crippen LogP contribution in [0.15, 0.2) is 43.0 Å². The fraction of sp³-hybridized carbons (Fsp3) is 0.0833. The Morgan fingerprint density at radius 2 is 2.14 bits per heavy atom. The Labute approximate surface area is 83.6 Å². The van der Waals surface area contributed by atoms with Crippen molar-refractivity contribution in [3.8, 4) is 11.8 Å². The summed E-state index contributed by atoms with van der Waals surface area (Å²) in [7, 11) is 0. The minimum Gasteiger partial charge on any atom is -0.342 e. The second-order valence-electron chi connectivity index (χ2n) is 2.61. The van der Waals surface area contributed by atoms with Crippen LogP contribution in [0.5, 0.6) is 0 Å². The summed E-state index contributed by atoms with van der Waals surface area (Å²) >= 11 is 0. The topological polar surface area (TPSA) is 29.1 Å². The van der Waals surface area contributed by atoms with Crippen LogP contribution in [0.2, 0.25) is 0 Å². The van der Waals surface area contributed by atoms with Crippen LogP contribution in [-0.4, -0.2) is 12.5 Å². The van der Waals surface area contributed by atoms with Gasteiger partial charge in [-0.25, -0.2) is 0 Å². The minimum atomic E-state index is -0.284. The third kappa shape index (κ3) is 3.59. The maximum atomic E-state index is 11.0. The zero-order chi connectivity index (χ0) is 10.2. The third-order valence-electron chi connectivity index (χ3n) is 1.50. The van der Waals surface area contributed by atoms with Crippen LogP contribution in [0.3, 0.4) is 0 Å². The molecule has 0 bridgehead atoms. The van der Waals surface area contributed by atoms with Crippen LogP contribution < -0.4 is 5.32 Å². The first-order chi connectivity index (χ1) is 6.83. The van der Waals surface area contributed by atoms with Gasteiger partial charge in [-0.2, -0.15) is 0 Å². The first-order valence-corrected chi connectivity index (χ1v) is 4.28. The van der Waals surface area contributed by atoms with Crippen molar-refractivity contribution in [2.24, 2.45) is 0 Å². The fourth-order valence-corrected chi connectivity index (χ4v) is 0.859. The molecule has 0 saturated heterocycles. The van der Waals surface area contributed by atoms with Crippen molar-refractivity contribution >= 4 is 5.91 Å². The Balaban J connectivity index is 2.55. The van der Waals surface area contributed by atoms with Crippen LogP contribution in [-0.2, 0) is 4.79 Å². The summed E-state index contributed by atoms with van der Waals surface area (Å²) in [6.07, 6.45) is 1.61. The highest BCUT2D eigenvalue weighted by molar-refractivity contribution is 5.94. The summed E-state index contributed by atoms with van der Waals surface area (Å²) in [6, 6.07) is 9.38. The van der Waals surface area contributed by atoms with Crippen molar-refractivity contribution in [2.45, 2.75) is 0 Å². The van der Waals surface area contributed by atoms with E-state index >= 15 is 0 Å². The maximum Gasteiger partial charge on any atom is 0.296 e. The number of hydrogen-bond donors (Lipinski definition) is 1. The van der Waals surface area contributed by atoms with E-state index in [2.05, 4.69) is 23.7 Å². The maximum absolute atomic E-state index is 11.0.